The standard InChI is InChI=1S/C7H8Cl2N4O/c1-3(10)7(14)13-4-5(8)11-2-12-6(4)9/h2-3H,10H2,1H3,(H,13,14). The largest absolute Gasteiger partial charge is 0.320 e. The number of anilines is 1. The number of halogens is 2. The number of hydrogen-bond acceptors (Lipinski definition) is 4. The summed E-state index contributed by atoms with van der Waals surface area (Å²) in [6, 6.07) is -0.651. The second-order valence-electron chi connectivity index (χ2n) is 2.61. The number of carbonyl (C=O) groups is 1. The van der Waals surface area contributed by atoms with Crippen LogP contribution in [0.5, 0.6) is 0 Å². The van der Waals surface area contributed by atoms with Crippen LogP contribution in [0.15, 0.2) is 6.33 Å². The van der Waals surface area contributed by atoms with Crippen LogP contribution in [0, 0.1) is 0 Å². The van der Waals surface area contributed by atoms with Gasteiger partial charge in [-0.2, -0.15) is 0 Å². The Hall–Kier alpha value is -0.910. The van der Waals surface area contributed by atoms with Gasteiger partial charge in [0.05, 0.1) is 6.04 Å². The fourth-order valence-electron chi connectivity index (χ4n) is 0.685. The molecule has 0 saturated heterocycles. The highest BCUT2D eigenvalue weighted by atomic mass is 35.5. The molecule has 0 aliphatic heterocycles. The maximum absolute atomic E-state index is 11.2. The topological polar surface area (TPSA) is 80.9 Å². The van der Waals surface area contributed by atoms with Crippen molar-refractivity contribution in [2.75, 3.05) is 5.32 Å². The summed E-state index contributed by atoms with van der Waals surface area (Å²) in [4.78, 5) is 18.5. The zero-order valence-electron chi connectivity index (χ0n) is 7.29. The van der Waals surface area contributed by atoms with Crippen LogP contribution in [0.2, 0.25) is 10.3 Å². The van der Waals surface area contributed by atoms with E-state index in [-0.39, 0.29) is 16.0 Å². The van der Waals surface area contributed by atoms with Crippen LogP contribution in [0.3, 0.4) is 0 Å². The van der Waals surface area contributed by atoms with E-state index in [1.54, 1.807) is 6.92 Å². The van der Waals surface area contributed by atoms with Gasteiger partial charge in [-0.05, 0) is 6.92 Å². The van der Waals surface area contributed by atoms with Crippen molar-refractivity contribution < 1.29 is 4.79 Å². The predicted octanol–water partition coefficient (Wildman–Crippen LogP) is 1.07. The van der Waals surface area contributed by atoms with Gasteiger partial charge >= 0.3 is 0 Å². The Morgan fingerprint density at radius 1 is 1.50 bits per heavy atom. The zero-order chi connectivity index (χ0) is 10.7. The lowest BCUT2D eigenvalue weighted by atomic mass is 10.3. The first-order valence-corrected chi connectivity index (χ1v) is 4.50. The molecule has 1 aromatic heterocycles. The Kier molecular flexibility index (Phi) is 3.62. The highest BCUT2D eigenvalue weighted by molar-refractivity contribution is 6.38. The van der Waals surface area contributed by atoms with E-state index in [1.165, 1.54) is 6.33 Å². The Labute approximate surface area is 90.6 Å². The Balaban J connectivity index is 2.91. The van der Waals surface area contributed by atoms with Crippen molar-refractivity contribution in [3.63, 3.8) is 0 Å². The van der Waals surface area contributed by atoms with E-state index < -0.39 is 11.9 Å². The molecule has 14 heavy (non-hydrogen) atoms. The number of carbonyl (C=O) groups excluding carboxylic acids is 1. The van der Waals surface area contributed by atoms with Crippen LogP contribution in [-0.4, -0.2) is 21.9 Å². The second-order valence-corrected chi connectivity index (χ2v) is 3.32. The van der Waals surface area contributed by atoms with E-state index in [0.717, 1.165) is 0 Å². The van der Waals surface area contributed by atoms with E-state index in [4.69, 9.17) is 28.9 Å². The molecule has 1 rings (SSSR count). The third-order valence-electron chi connectivity index (χ3n) is 1.42. The average Bonchev–Trinajstić information content (AvgIpc) is 2.11. The predicted molar refractivity (Wildman–Crippen MR) is 54.3 cm³/mol. The Morgan fingerprint density at radius 2 is 2.00 bits per heavy atom. The number of nitrogens with one attached hydrogen (secondary N) is 1. The van der Waals surface area contributed by atoms with Crippen LogP contribution < -0.4 is 11.1 Å². The number of aromatic nitrogens is 2. The van der Waals surface area contributed by atoms with Gasteiger partial charge in [-0.25, -0.2) is 9.97 Å². The van der Waals surface area contributed by atoms with Gasteiger partial charge in [0.1, 0.15) is 12.0 Å². The van der Waals surface area contributed by atoms with Gasteiger partial charge in [0.25, 0.3) is 0 Å². The lowest BCUT2D eigenvalue weighted by Gasteiger charge is -2.09. The quantitative estimate of drug-likeness (QED) is 0.751. The minimum Gasteiger partial charge on any atom is -0.320 e. The van der Waals surface area contributed by atoms with Crippen molar-refractivity contribution in [2.24, 2.45) is 5.73 Å². The molecule has 3 N–H and O–H groups in total. The fourth-order valence-corrected chi connectivity index (χ4v) is 1.09. The van der Waals surface area contributed by atoms with Crippen molar-refractivity contribution >= 4 is 34.8 Å². The molecule has 0 spiro atoms. The van der Waals surface area contributed by atoms with Crippen LogP contribution in [-0.2, 0) is 4.79 Å². The van der Waals surface area contributed by atoms with Gasteiger partial charge in [0.15, 0.2) is 10.3 Å². The molecule has 1 aromatic rings. The number of amides is 1. The molecule has 0 fully saturated rings. The molecule has 1 amide bonds. The smallest absolute Gasteiger partial charge is 0.241 e. The summed E-state index contributed by atoms with van der Waals surface area (Å²) in [6.07, 6.45) is 1.20. The van der Waals surface area contributed by atoms with Gasteiger partial charge < -0.3 is 11.1 Å². The molecule has 1 heterocycles. The van der Waals surface area contributed by atoms with E-state index >= 15 is 0 Å². The molecule has 0 aliphatic rings. The number of nitrogens with two attached hydrogens (primary N) is 1. The SMILES string of the molecule is CC(N)C(=O)Nc1c(Cl)ncnc1Cl. The average molecular weight is 235 g/mol. The van der Waals surface area contributed by atoms with Gasteiger partial charge in [0, 0.05) is 0 Å². The van der Waals surface area contributed by atoms with Crippen molar-refractivity contribution in [3.8, 4) is 0 Å². The molecule has 7 heteroatoms. The summed E-state index contributed by atoms with van der Waals surface area (Å²) in [5, 5.41) is 2.59. The highest BCUT2D eigenvalue weighted by Crippen LogP contribution is 2.25. The Morgan fingerprint density at radius 3 is 2.43 bits per heavy atom. The van der Waals surface area contributed by atoms with Gasteiger partial charge in [-0.1, -0.05) is 23.2 Å². The zero-order valence-corrected chi connectivity index (χ0v) is 8.80. The van der Waals surface area contributed by atoms with Gasteiger partial charge in [-0.3, -0.25) is 4.79 Å². The molecule has 0 bridgehead atoms. The summed E-state index contributed by atoms with van der Waals surface area (Å²) >= 11 is 11.4. The van der Waals surface area contributed by atoms with Crippen LogP contribution in [0.4, 0.5) is 5.69 Å². The van der Waals surface area contributed by atoms with Crippen molar-refractivity contribution in [1.82, 2.24) is 9.97 Å². The van der Waals surface area contributed by atoms with Crippen LogP contribution in [0.25, 0.3) is 0 Å². The molecular weight excluding hydrogens is 227 g/mol. The van der Waals surface area contributed by atoms with Crippen LogP contribution >= 0.6 is 23.2 Å². The van der Waals surface area contributed by atoms with Crippen molar-refractivity contribution in [2.45, 2.75) is 13.0 Å². The third kappa shape index (κ3) is 2.54. The summed E-state index contributed by atoms with van der Waals surface area (Å²) in [7, 11) is 0. The highest BCUT2D eigenvalue weighted by Gasteiger charge is 2.13. The third-order valence-corrected chi connectivity index (χ3v) is 1.99. The molecule has 0 saturated carbocycles. The molecule has 1 unspecified atom stereocenters. The van der Waals surface area contributed by atoms with E-state index in [0.29, 0.717) is 0 Å². The van der Waals surface area contributed by atoms with Gasteiger partial charge in [0.2, 0.25) is 5.91 Å². The number of rotatable bonds is 2. The fraction of sp³-hybridized carbons (Fsp3) is 0.286. The minimum absolute atomic E-state index is 0.0824. The maximum atomic E-state index is 11.2. The molecular formula is C7H8Cl2N4O. The molecule has 0 aromatic carbocycles. The second kappa shape index (κ2) is 4.54. The molecule has 0 aliphatic carbocycles. The van der Waals surface area contributed by atoms with Gasteiger partial charge in [-0.15, -0.1) is 0 Å². The van der Waals surface area contributed by atoms with Crippen LogP contribution in [0.1, 0.15) is 6.92 Å². The van der Waals surface area contributed by atoms with E-state index in [9.17, 15) is 4.79 Å². The monoisotopic (exact) mass is 234 g/mol. The van der Waals surface area contributed by atoms with Crippen molar-refractivity contribution in [1.29, 1.82) is 0 Å². The van der Waals surface area contributed by atoms with Crippen molar-refractivity contribution in [3.05, 3.63) is 16.6 Å². The van der Waals surface area contributed by atoms with E-state index in [2.05, 4.69) is 15.3 Å². The lowest BCUT2D eigenvalue weighted by molar-refractivity contribution is -0.117. The first-order valence-electron chi connectivity index (χ1n) is 3.75. The summed E-state index contributed by atoms with van der Waals surface area (Å²) in [6.45, 7) is 1.54. The number of nitrogens with zero attached hydrogens (tertiary/aromatic N) is 2. The lowest BCUT2D eigenvalue weighted by Crippen LogP contribution is -2.32. The minimum atomic E-state index is -0.651. The molecule has 1 atom stereocenters. The molecule has 0 radical (unpaired) electrons. The summed E-state index contributed by atoms with van der Waals surface area (Å²) in [5.41, 5.74) is 5.52. The molecule has 76 valence electrons. The summed E-state index contributed by atoms with van der Waals surface area (Å²) < 4.78 is 0. The van der Waals surface area contributed by atoms with E-state index in [1.807, 2.05) is 0 Å². The Bertz CT molecular complexity index is 335. The first kappa shape index (κ1) is 11.2. The molecule has 5 nitrogen and oxygen atoms in total. The maximum Gasteiger partial charge on any atom is 0.241 e. The first-order chi connectivity index (χ1) is 6.52. The number of hydrogen-bond donors (Lipinski definition) is 2. The normalized spacial score (nSPS) is 12.3. The summed E-state index contributed by atoms with van der Waals surface area (Å²) in [5.74, 6) is -0.399.